The van der Waals surface area contributed by atoms with Crippen LogP contribution in [0.1, 0.15) is 18.5 Å². The Morgan fingerprint density at radius 1 is 1.22 bits per heavy atom. The van der Waals surface area contributed by atoms with Crippen molar-refractivity contribution in [3.8, 4) is 0 Å². The summed E-state index contributed by atoms with van der Waals surface area (Å²) in [6, 6.07) is 10.9. The molecule has 0 saturated heterocycles. The van der Waals surface area contributed by atoms with Crippen molar-refractivity contribution in [2.75, 3.05) is 19.4 Å². The van der Waals surface area contributed by atoms with E-state index in [1.165, 1.54) is 5.56 Å². The van der Waals surface area contributed by atoms with Crippen LogP contribution in [0.25, 0.3) is 5.52 Å². The molecule has 3 rings (SSSR count). The molecule has 1 N–H and O–H groups in total. The van der Waals surface area contributed by atoms with Crippen molar-refractivity contribution < 1.29 is 0 Å². The van der Waals surface area contributed by atoms with Gasteiger partial charge in [-0.05, 0) is 42.5 Å². The van der Waals surface area contributed by atoms with E-state index < -0.39 is 0 Å². The molecule has 0 aliphatic rings. The Kier molecular flexibility index (Phi) is 4.63. The van der Waals surface area contributed by atoms with Gasteiger partial charge in [0.05, 0.1) is 16.7 Å². The number of hydrogen-bond acceptors (Lipinski definition) is 4. The fourth-order valence-corrected chi connectivity index (χ4v) is 3.45. The van der Waals surface area contributed by atoms with Crippen molar-refractivity contribution in [3.05, 3.63) is 59.0 Å². The second kappa shape index (κ2) is 6.68. The van der Waals surface area contributed by atoms with Crippen LogP contribution in [0, 0.1) is 0 Å². The number of hydrogen-bond donors (Lipinski definition) is 1. The lowest BCUT2D eigenvalue weighted by Crippen LogP contribution is -2.34. The molecule has 0 saturated carbocycles. The van der Waals surface area contributed by atoms with Crippen molar-refractivity contribution in [3.63, 3.8) is 0 Å². The first kappa shape index (κ1) is 16.0. The van der Waals surface area contributed by atoms with Gasteiger partial charge in [0, 0.05) is 18.4 Å². The molecule has 2 heterocycles. The fraction of sp³-hybridized carbons (Fsp3) is 0.294. The summed E-state index contributed by atoms with van der Waals surface area (Å²) in [7, 11) is 4.19. The van der Waals surface area contributed by atoms with Gasteiger partial charge >= 0.3 is 0 Å². The molecule has 0 aliphatic heterocycles. The predicted molar refractivity (Wildman–Crippen MR) is 96.6 cm³/mol. The minimum absolute atomic E-state index is 0.174. The molecule has 23 heavy (non-hydrogen) atoms. The highest BCUT2D eigenvalue weighted by molar-refractivity contribution is 9.10. The molecule has 2 atom stereocenters. The van der Waals surface area contributed by atoms with Gasteiger partial charge in [-0.3, -0.25) is 0 Å². The van der Waals surface area contributed by atoms with Gasteiger partial charge in [0.1, 0.15) is 5.52 Å². The van der Waals surface area contributed by atoms with Crippen LogP contribution >= 0.6 is 15.9 Å². The van der Waals surface area contributed by atoms with E-state index in [-0.39, 0.29) is 12.1 Å². The van der Waals surface area contributed by atoms with Crippen LogP contribution in [0.4, 0.5) is 5.82 Å². The number of fused-ring (bicyclic) bond motifs is 1. The van der Waals surface area contributed by atoms with Gasteiger partial charge in [-0.15, -0.1) is 0 Å². The Labute approximate surface area is 144 Å². The van der Waals surface area contributed by atoms with E-state index in [4.69, 9.17) is 0 Å². The quantitative estimate of drug-likeness (QED) is 0.741. The molecule has 0 aliphatic carbocycles. The summed E-state index contributed by atoms with van der Waals surface area (Å²) < 4.78 is 2.75. The molecule has 0 spiro atoms. The Morgan fingerprint density at radius 3 is 2.65 bits per heavy atom. The molecular weight excluding hydrogens is 354 g/mol. The first-order valence-corrected chi connectivity index (χ1v) is 8.33. The Hall–Kier alpha value is -1.92. The smallest absolute Gasteiger partial charge is 0.153 e. The summed E-state index contributed by atoms with van der Waals surface area (Å²) in [6.07, 6.45) is 5.39. The third-order valence-corrected chi connectivity index (χ3v) is 4.50. The van der Waals surface area contributed by atoms with Crippen LogP contribution in [0.15, 0.2) is 53.4 Å². The highest BCUT2D eigenvalue weighted by atomic mass is 79.9. The predicted octanol–water partition coefficient (Wildman–Crippen LogP) is 3.60. The van der Waals surface area contributed by atoms with E-state index in [2.05, 4.69) is 81.5 Å². The van der Waals surface area contributed by atoms with Gasteiger partial charge in [-0.1, -0.05) is 30.3 Å². The molecule has 2 unspecified atom stereocenters. The third kappa shape index (κ3) is 3.23. The average Bonchev–Trinajstić information content (AvgIpc) is 2.91. The maximum absolute atomic E-state index is 4.49. The first-order valence-electron chi connectivity index (χ1n) is 7.53. The number of likely N-dealkylation sites (N-methyl/N-ethyl adjacent to an activating group) is 1. The number of aromatic nitrogens is 3. The SMILES string of the molecule is CC(Nc1nccn2ncc(Br)c12)C(c1ccccc1)N(C)C. The van der Waals surface area contributed by atoms with Gasteiger partial charge in [0.15, 0.2) is 5.82 Å². The normalized spacial score (nSPS) is 14.1. The zero-order chi connectivity index (χ0) is 16.4. The lowest BCUT2D eigenvalue weighted by molar-refractivity contribution is 0.275. The van der Waals surface area contributed by atoms with E-state index in [0.29, 0.717) is 0 Å². The standard InChI is InChI=1S/C17H20BrN5/c1-12(15(22(2)3)13-7-5-4-6-8-13)21-17-16-14(18)11-20-23(16)10-9-19-17/h4-12,15H,1-3H3,(H,19,21). The fourth-order valence-electron chi connectivity index (χ4n) is 2.99. The van der Waals surface area contributed by atoms with Gasteiger partial charge in [0.25, 0.3) is 0 Å². The van der Waals surface area contributed by atoms with Crippen molar-refractivity contribution in [1.82, 2.24) is 19.5 Å². The second-order valence-corrected chi connectivity index (χ2v) is 6.67. The van der Waals surface area contributed by atoms with Gasteiger partial charge in [-0.2, -0.15) is 5.10 Å². The summed E-state index contributed by atoms with van der Waals surface area (Å²) in [6.45, 7) is 2.17. The van der Waals surface area contributed by atoms with Crippen molar-refractivity contribution in [2.45, 2.75) is 19.0 Å². The second-order valence-electron chi connectivity index (χ2n) is 5.81. The highest BCUT2D eigenvalue weighted by Gasteiger charge is 2.22. The zero-order valence-electron chi connectivity index (χ0n) is 13.4. The van der Waals surface area contributed by atoms with Gasteiger partial charge in [-0.25, -0.2) is 9.50 Å². The Balaban J connectivity index is 1.92. The van der Waals surface area contributed by atoms with E-state index in [1.807, 2.05) is 16.8 Å². The van der Waals surface area contributed by atoms with Gasteiger partial charge in [0.2, 0.25) is 0 Å². The number of nitrogens with zero attached hydrogens (tertiary/aromatic N) is 4. The molecule has 1 aromatic carbocycles. The molecule has 120 valence electrons. The molecule has 0 radical (unpaired) electrons. The van der Waals surface area contributed by atoms with Crippen LogP contribution < -0.4 is 5.32 Å². The number of benzene rings is 1. The highest BCUT2D eigenvalue weighted by Crippen LogP contribution is 2.28. The van der Waals surface area contributed by atoms with Crippen LogP contribution in [0.5, 0.6) is 0 Å². The van der Waals surface area contributed by atoms with Gasteiger partial charge < -0.3 is 10.2 Å². The summed E-state index contributed by atoms with van der Waals surface area (Å²) >= 11 is 3.54. The number of halogens is 1. The molecule has 2 aromatic heterocycles. The van der Waals surface area contributed by atoms with Crippen molar-refractivity contribution in [2.24, 2.45) is 0 Å². The van der Waals surface area contributed by atoms with Crippen LogP contribution in [0.3, 0.4) is 0 Å². The lowest BCUT2D eigenvalue weighted by Gasteiger charge is -2.31. The monoisotopic (exact) mass is 373 g/mol. The molecule has 5 nitrogen and oxygen atoms in total. The zero-order valence-corrected chi connectivity index (χ0v) is 15.0. The van der Waals surface area contributed by atoms with Crippen LogP contribution in [-0.2, 0) is 0 Å². The maximum atomic E-state index is 4.49. The van der Waals surface area contributed by atoms with Crippen LogP contribution in [-0.4, -0.2) is 39.6 Å². The van der Waals surface area contributed by atoms with Crippen molar-refractivity contribution in [1.29, 1.82) is 0 Å². The number of rotatable bonds is 5. The molecule has 0 fully saturated rings. The Morgan fingerprint density at radius 2 is 1.96 bits per heavy atom. The third-order valence-electron chi connectivity index (χ3n) is 3.92. The first-order chi connectivity index (χ1) is 11.1. The lowest BCUT2D eigenvalue weighted by atomic mass is 9.99. The van der Waals surface area contributed by atoms with E-state index >= 15 is 0 Å². The molecule has 6 heteroatoms. The summed E-state index contributed by atoms with van der Waals surface area (Å²) in [4.78, 5) is 6.72. The minimum atomic E-state index is 0.174. The number of nitrogens with one attached hydrogen (secondary N) is 1. The summed E-state index contributed by atoms with van der Waals surface area (Å²) in [5.74, 6) is 0.826. The topological polar surface area (TPSA) is 45.5 Å². The van der Waals surface area contributed by atoms with E-state index in [0.717, 1.165) is 15.8 Å². The molecule has 0 bridgehead atoms. The van der Waals surface area contributed by atoms with E-state index in [1.54, 1.807) is 12.4 Å². The number of anilines is 1. The Bertz CT molecular complexity index is 784. The summed E-state index contributed by atoms with van der Waals surface area (Å²) in [5, 5.41) is 7.85. The summed E-state index contributed by atoms with van der Waals surface area (Å²) in [5.41, 5.74) is 2.22. The minimum Gasteiger partial charge on any atom is -0.364 e. The van der Waals surface area contributed by atoms with Crippen LogP contribution in [0.2, 0.25) is 0 Å². The van der Waals surface area contributed by atoms with Crippen molar-refractivity contribution >= 4 is 27.3 Å². The average molecular weight is 374 g/mol. The maximum Gasteiger partial charge on any atom is 0.153 e. The molecule has 0 amide bonds. The largest absolute Gasteiger partial charge is 0.364 e. The van der Waals surface area contributed by atoms with E-state index in [9.17, 15) is 0 Å². The molecule has 3 aromatic rings. The molecular formula is C17H20BrN5.